The molecule has 1 aromatic carbocycles. The third kappa shape index (κ3) is 5.28. The molecule has 0 aliphatic heterocycles. The van der Waals surface area contributed by atoms with Gasteiger partial charge in [-0.2, -0.15) is 0 Å². The van der Waals surface area contributed by atoms with Crippen LogP contribution in [-0.4, -0.2) is 44.5 Å². The molecule has 0 aromatic heterocycles. The van der Waals surface area contributed by atoms with E-state index in [9.17, 15) is 0 Å². The number of ether oxygens (including phenoxy) is 3. The Kier molecular flexibility index (Phi) is 7.62. The maximum atomic E-state index is 8.97. The van der Waals surface area contributed by atoms with Crippen molar-refractivity contribution < 1.29 is 19.4 Å². The molecular weight excluding hydrogens is 246 g/mol. The Bertz CT molecular complexity index is 393. The van der Waals surface area contributed by atoms with Crippen LogP contribution in [0.4, 0.5) is 0 Å². The van der Waals surface area contributed by atoms with Gasteiger partial charge >= 0.3 is 0 Å². The molecule has 0 unspecified atom stereocenters. The minimum atomic E-state index is 0.448. The Morgan fingerprint density at radius 2 is 1.89 bits per heavy atom. The standard InChI is InChI=1S/C14H21NO4/c1-3-13(15-16)12-6-4-5-7-14(12)19-11-10-18-9-8-17-2/h4-7,16H,3,8-11H2,1-2H3. The first kappa shape index (κ1) is 15.5. The van der Waals surface area contributed by atoms with Crippen molar-refractivity contribution in [2.45, 2.75) is 13.3 Å². The quantitative estimate of drug-likeness (QED) is 0.323. The van der Waals surface area contributed by atoms with Gasteiger partial charge in [-0.3, -0.25) is 0 Å². The summed E-state index contributed by atoms with van der Waals surface area (Å²) in [6.45, 7) is 4.01. The molecule has 0 aliphatic rings. The lowest BCUT2D eigenvalue weighted by Gasteiger charge is -2.11. The van der Waals surface area contributed by atoms with E-state index in [4.69, 9.17) is 19.4 Å². The van der Waals surface area contributed by atoms with Gasteiger partial charge in [0, 0.05) is 12.7 Å². The molecule has 0 spiro atoms. The first-order valence-electron chi connectivity index (χ1n) is 6.33. The molecule has 5 nitrogen and oxygen atoms in total. The molecule has 0 atom stereocenters. The number of rotatable bonds is 9. The number of para-hydroxylation sites is 1. The second-order valence-corrected chi connectivity index (χ2v) is 3.85. The summed E-state index contributed by atoms with van der Waals surface area (Å²) < 4.78 is 15.8. The van der Waals surface area contributed by atoms with Gasteiger partial charge in [-0.1, -0.05) is 24.2 Å². The van der Waals surface area contributed by atoms with Crippen LogP contribution in [0.5, 0.6) is 5.75 Å². The molecule has 0 amide bonds. The van der Waals surface area contributed by atoms with Gasteiger partial charge in [0.05, 0.1) is 25.5 Å². The van der Waals surface area contributed by atoms with Crippen LogP contribution in [0.25, 0.3) is 0 Å². The fourth-order valence-corrected chi connectivity index (χ4v) is 1.60. The third-order valence-electron chi connectivity index (χ3n) is 2.57. The van der Waals surface area contributed by atoms with E-state index in [2.05, 4.69) is 5.16 Å². The Morgan fingerprint density at radius 3 is 2.58 bits per heavy atom. The molecule has 1 N–H and O–H groups in total. The topological polar surface area (TPSA) is 60.3 Å². The molecule has 106 valence electrons. The second kappa shape index (κ2) is 9.35. The normalized spacial score (nSPS) is 11.6. The summed E-state index contributed by atoms with van der Waals surface area (Å²) in [6.07, 6.45) is 0.640. The highest BCUT2D eigenvalue weighted by Crippen LogP contribution is 2.20. The molecular formula is C14H21NO4. The first-order valence-corrected chi connectivity index (χ1v) is 6.33. The summed E-state index contributed by atoms with van der Waals surface area (Å²) in [5.41, 5.74) is 1.42. The van der Waals surface area contributed by atoms with E-state index in [1.54, 1.807) is 7.11 Å². The Labute approximate surface area is 113 Å². The average molecular weight is 267 g/mol. The fourth-order valence-electron chi connectivity index (χ4n) is 1.60. The smallest absolute Gasteiger partial charge is 0.128 e. The highest BCUT2D eigenvalue weighted by molar-refractivity contribution is 6.02. The van der Waals surface area contributed by atoms with Crippen molar-refractivity contribution in [1.82, 2.24) is 0 Å². The van der Waals surface area contributed by atoms with Crippen molar-refractivity contribution in [3.8, 4) is 5.75 Å². The van der Waals surface area contributed by atoms with Crippen LogP contribution in [0.2, 0.25) is 0 Å². The lowest BCUT2D eigenvalue weighted by molar-refractivity contribution is 0.0544. The summed E-state index contributed by atoms with van der Waals surface area (Å²) in [5, 5.41) is 12.3. The average Bonchev–Trinajstić information content (AvgIpc) is 2.45. The Morgan fingerprint density at radius 1 is 1.16 bits per heavy atom. The zero-order valence-corrected chi connectivity index (χ0v) is 11.5. The summed E-state index contributed by atoms with van der Waals surface area (Å²) in [7, 11) is 1.64. The van der Waals surface area contributed by atoms with Crippen molar-refractivity contribution in [1.29, 1.82) is 0 Å². The molecule has 0 fully saturated rings. The van der Waals surface area contributed by atoms with Crippen LogP contribution in [0.15, 0.2) is 29.4 Å². The molecule has 0 heterocycles. The molecule has 0 radical (unpaired) electrons. The van der Waals surface area contributed by atoms with Gasteiger partial charge in [0.15, 0.2) is 0 Å². The van der Waals surface area contributed by atoms with Gasteiger partial charge in [-0.15, -0.1) is 0 Å². The minimum absolute atomic E-state index is 0.448. The van der Waals surface area contributed by atoms with Crippen LogP contribution in [0.3, 0.4) is 0 Å². The zero-order chi connectivity index (χ0) is 13.9. The summed E-state index contributed by atoms with van der Waals surface area (Å²) in [4.78, 5) is 0. The molecule has 0 bridgehead atoms. The maximum absolute atomic E-state index is 8.97. The van der Waals surface area contributed by atoms with Gasteiger partial charge in [-0.05, 0) is 18.6 Å². The first-order chi connectivity index (χ1) is 9.33. The number of oxime groups is 1. The SMILES string of the molecule is CCC(=NO)c1ccccc1OCCOCCOC. The Balaban J connectivity index is 2.49. The lowest BCUT2D eigenvalue weighted by Crippen LogP contribution is -2.11. The number of hydrogen-bond acceptors (Lipinski definition) is 5. The van der Waals surface area contributed by atoms with E-state index in [1.165, 1.54) is 0 Å². The van der Waals surface area contributed by atoms with E-state index in [0.29, 0.717) is 44.3 Å². The predicted molar refractivity (Wildman–Crippen MR) is 73.2 cm³/mol. The molecule has 19 heavy (non-hydrogen) atoms. The van der Waals surface area contributed by atoms with Crippen molar-refractivity contribution in [3.63, 3.8) is 0 Å². The molecule has 5 heteroatoms. The number of nitrogens with zero attached hydrogens (tertiary/aromatic N) is 1. The lowest BCUT2D eigenvalue weighted by atomic mass is 10.1. The largest absolute Gasteiger partial charge is 0.490 e. The molecule has 1 aromatic rings. The highest BCUT2D eigenvalue weighted by Gasteiger charge is 2.08. The van der Waals surface area contributed by atoms with Crippen molar-refractivity contribution in [2.75, 3.05) is 33.5 Å². The van der Waals surface area contributed by atoms with Gasteiger partial charge in [0.25, 0.3) is 0 Å². The van der Waals surface area contributed by atoms with Gasteiger partial charge in [0.1, 0.15) is 12.4 Å². The van der Waals surface area contributed by atoms with E-state index < -0.39 is 0 Å². The number of methoxy groups -OCH3 is 1. The van der Waals surface area contributed by atoms with Crippen LogP contribution in [0, 0.1) is 0 Å². The third-order valence-corrected chi connectivity index (χ3v) is 2.57. The predicted octanol–water partition coefficient (Wildman–Crippen LogP) is 2.32. The summed E-state index contributed by atoms with van der Waals surface area (Å²) in [6, 6.07) is 7.50. The van der Waals surface area contributed by atoms with Crippen LogP contribution in [0.1, 0.15) is 18.9 Å². The molecule has 0 aliphatic carbocycles. The van der Waals surface area contributed by atoms with Crippen molar-refractivity contribution >= 4 is 5.71 Å². The number of benzene rings is 1. The highest BCUT2D eigenvalue weighted by atomic mass is 16.5. The van der Waals surface area contributed by atoms with E-state index in [1.807, 2.05) is 31.2 Å². The van der Waals surface area contributed by atoms with Crippen LogP contribution < -0.4 is 4.74 Å². The van der Waals surface area contributed by atoms with Crippen molar-refractivity contribution in [2.24, 2.45) is 5.16 Å². The second-order valence-electron chi connectivity index (χ2n) is 3.85. The monoisotopic (exact) mass is 267 g/mol. The van der Waals surface area contributed by atoms with Gasteiger partial charge < -0.3 is 19.4 Å². The maximum Gasteiger partial charge on any atom is 0.128 e. The number of hydrogen-bond donors (Lipinski definition) is 1. The van der Waals surface area contributed by atoms with Crippen LogP contribution >= 0.6 is 0 Å². The van der Waals surface area contributed by atoms with Crippen molar-refractivity contribution in [3.05, 3.63) is 29.8 Å². The molecule has 1 rings (SSSR count). The minimum Gasteiger partial charge on any atom is -0.490 e. The Hall–Kier alpha value is -1.59. The van der Waals surface area contributed by atoms with E-state index in [-0.39, 0.29) is 0 Å². The van der Waals surface area contributed by atoms with E-state index in [0.717, 1.165) is 5.56 Å². The van der Waals surface area contributed by atoms with Crippen LogP contribution in [-0.2, 0) is 9.47 Å². The summed E-state index contributed by atoms with van der Waals surface area (Å²) in [5.74, 6) is 0.701. The van der Waals surface area contributed by atoms with Gasteiger partial charge in [-0.25, -0.2) is 0 Å². The fraction of sp³-hybridized carbons (Fsp3) is 0.500. The molecule has 0 saturated carbocycles. The van der Waals surface area contributed by atoms with E-state index >= 15 is 0 Å². The van der Waals surface area contributed by atoms with Gasteiger partial charge in [0.2, 0.25) is 0 Å². The molecule has 0 saturated heterocycles. The zero-order valence-electron chi connectivity index (χ0n) is 11.5. The summed E-state index contributed by atoms with van der Waals surface area (Å²) >= 11 is 0.